The van der Waals surface area contributed by atoms with Crippen LogP contribution in [0.3, 0.4) is 0 Å². The topological polar surface area (TPSA) is 38.3 Å². The summed E-state index contributed by atoms with van der Waals surface area (Å²) in [6.07, 6.45) is 3.00. The number of carbonyl (C=O) groups excluding carboxylic acids is 1. The molecule has 1 N–H and O–H groups in total. The molecule has 118 valence electrons. The molecule has 4 heteroatoms. The number of hydrogen-bond acceptors (Lipinski definition) is 2. The normalized spacial score (nSPS) is 12.2. The van der Waals surface area contributed by atoms with Crippen LogP contribution in [-0.2, 0) is 0 Å². The highest BCUT2D eigenvalue weighted by Gasteiger charge is 2.17. The fourth-order valence-electron chi connectivity index (χ4n) is 2.21. The quantitative estimate of drug-likeness (QED) is 0.692. The first-order valence-electron chi connectivity index (χ1n) is 7.77. The molecular formula is C17H26ClNO2. The SMILES string of the molecule is CCCOc1cccc(C(=O)NCC(Cl)C(CC)CC)c1. The number of alkyl halides is 1. The van der Waals surface area contributed by atoms with Gasteiger partial charge in [0.1, 0.15) is 5.75 Å². The van der Waals surface area contributed by atoms with Crippen LogP contribution in [0.1, 0.15) is 50.4 Å². The van der Waals surface area contributed by atoms with Crippen LogP contribution < -0.4 is 10.1 Å². The van der Waals surface area contributed by atoms with E-state index < -0.39 is 0 Å². The van der Waals surface area contributed by atoms with E-state index in [-0.39, 0.29) is 11.3 Å². The standard InChI is InChI=1S/C17H26ClNO2/c1-4-10-21-15-9-7-8-14(11-15)17(20)19-12-16(18)13(5-2)6-3/h7-9,11,13,16H,4-6,10,12H2,1-3H3,(H,19,20). The van der Waals surface area contributed by atoms with Crippen molar-refractivity contribution in [1.82, 2.24) is 5.32 Å². The maximum absolute atomic E-state index is 12.1. The van der Waals surface area contributed by atoms with Crippen LogP contribution >= 0.6 is 11.6 Å². The van der Waals surface area contributed by atoms with Crippen LogP contribution in [0.5, 0.6) is 5.75 Å². The molecule has 1 aromatic carbocycles. The summed E-state index contributed by atoms with van der Waals surface area (Å²) in [4.78, 5) is 12.1. The van der Waals surface area contributed by atoms with Crippen LogP contribution in [0.4, 0.5) is 0 Å². The Balaban J connectivity index is 2.55. The highest BCUT2D eigenvalue weighted by Crippen LogP contribution is 2.18. The average molecular weight is 312 g/mol. The summed E-state index contributed by atoms with van der Waals surface area (Å²) in [6, 6.07) is 7.25. The lowest BCUT2D eigenvalue weighted by Gasteiger charge is -2.19. The minimum atomic E-state index is -0.103. The number of carbonyl (C=O) groups is 1. The predicted molar refractivity (Wildman–Crippen MR) is 88.3 cm³/mol. The van der Waals surface area contributed by atoms with E-state index in [1.165, 1.54) is 0 Å². The van der Waals surface area contributed by atoms with Gasteiger partial charge in [-0.3, -0.25) is 4.79 Å². The number of ether oxygens (including phenoxy) is 1. The molecule has 0 aliphatic carbocycles. The Hall–Kier alpha value is -1.22. The van der Waals surface area contributed by atoms with Crippen molar-refractivity contribution in [3.63, 3.8) is 0 Å². The molecule has 0 saturated heterocycles. The second-order valence-corrected chi connectivity index (χ2v) is 5.74. The van der Waals surface area contributed by atoms with Crippen LogP contribution in [0, 0.1) is 5.92 Å². The number of nitrogens with one attached hydrogen (secondary N) is 1. The summed E-state index contributed by atoms with van der Waals surface area (Å²) >= 11 is 6.34. The number of benzene rings is 1. The summed E-state index contributed by atoms with van der Waals surface area (Å²) in [5, 5.41) is 2.88. The molecule has 0 aromatic heterocycles. The zero-order valence-electron chi connectivity index (χ0n) is 13.2. The second kappa shape index (κ2) is 9.67. The number of hydrogen-bond donors (Lipinski definition) is 1. The highest BCUT2D eigenvalue weighted by atomic mass is 35.5. The molecule has 1 amide bonds. The number of halogens is 1. The van der Waals surface area contributed by atoms with Crippen LogP contribution in [0.15, 0.2) is 24.3 Å². The molecule has 1 atom stereocenters. The molecule has 0 heterocycles. The van der Waals surface area contributed by atoms with E-state index in [2.05, 4.69) is 26.1 Å². The van der Waals surface area contributed by atoms with Gasteiger partial charge in [0.2, 0.25) is 0 Å². The van der Waals surface area contributed by atoms with Gasteiger partial charge in [0.15, 0.2) is 0 Å². The van der Waals surface area contributed by atoms with E-state index >= 15 is 0 Å². The van der Waals surface area contributed by atoms with E-state index in [1.54, 1.807) is 12.1 Å². The Kier molecular flexibility index (Phi) is 8.21. The third-order valence-electron chi connectivity index (χ3n) is 3.59. The Bertz CT molecular complexity index is 433. The zero-order chi connectivity index (χ0) is 15.7. The summed E-state index contributed by atoms with van der Waals surface area (Å²) in [7, 11) is 0. The summed E-state index contributed by atoms with van der Waals surface area (Å²) in [6.45, 7) is 7.45. The molecular weight excluding hydrogens is 286 g/mol. The molecule has 0 aliphatic rings. The lowest BCUT2D eigenvalue weighted by atomic mass is 9.99. The minimum Gasteiger partial charge on any atom is -0.494 e. The lowest BCUT2D eigenvalue weighted by Crippen LogP contribution is -2.33. The number of amides is 1. The summed E-state index contributed by atoms with van der Waals surface area (Å²) in [5.74, 6) is 1.06. The first-order chi connectivity index (χ1) is 10.1. The molecule has 0 fully saturated rings. The van der Waals surface area contributed by atoms with Gasteiger partial charge >= 0.3 is 0 Å². The Labute approximate surface area is 133 Å². The van der Waals surface area contributed by atoms with Gasteiger partial charge in [-0.2, -0.15) is 0 Å². The molecule has 0 saturated carbocycles. The van der Waals surface area contributed by atoms with Crippen LogP contribution in [0.2, 0.25) is 0 Å². The van der Waals surface area contributed by atoms with Crippen molar-refractivity contribution < 1.29 is 9.53 Å². The van der Waals surface area contributed by atoms with Crippen molar-refractivity contribution in [2.75, 3.05) is 13.2 Å². The fraction of sp³-hybridized carbons (Fsp3) is 0.588. The first-order valence-corrected chi connectivity index (χ1v) is 8.21. The van der Waals surface area contributed by atoms with Crippen molar-refractivity contribution in [2.45, 2.75) is 45.4 Å². The molecule has 0 radical (unpaired) electrons. The number of rotatable bonds is 9. The summed E-state index contributed by atoms with van der Waals surface area (Å²) in [5.41, 5.74) is 0.608. The fourth-order valence-corrected chi connectivity index (χ4v) is 2.64. The van der Waals surface area contributed by atoms with Gasteiger partial charge in [0.25, 0.3) is 5.91 Å². The Morgan fingerprint density at radius 1 is 1.29 bits per heavy atom. The van der Waals surface area contributed by atoms with Gasteiger partial charge in [-0.05, 0) is 30.5 Å². The van der Waals surface area contributed by atoms with E-state index in [4.69, 9.17) is 16.3 Å². The first kappa shape index (κ1) is 17.8. The average Bonchev–Trinajstić information content (AvgIpc) is 2.52. The van der Waals surface area contributed by atoms with Gasteiger partial charge < -0.3 is 10.1 Å². The van der Waals surface area contributed by atoms with E-state index in [0.717, 1.165) is 25.0 Å². The van der Waals surface area contributed by atoms with E-state index in [1.807, 2.05) is 12.1 Å². The van der Waals surface area contributed by atoms with Crippen molar-refractivity contribution in [3.05, 3.63) is 29.8 Å². The van der Waals surface area contributed by atoms with Gasteiger partial charge in [-0.1, -0.05) is 39.7 Å². The molecule has 21 heavy (non-hydrogen) atoms. The monoisotopic (exact) mass is 311 g/mol. The Morgan fingerprint density at radius 3 is 2.62 bits per heavy atom. The maximum Gasteiger partial charge on any atom is 0.251 e. The van der Waals surface area contributed by atoms with Crippen LogP contribution in [-0.4, -0.2) is 24.4 Å². The van der Waals surface area contributed by atoms with Crippen molar-refractivity contribution in [1.29, 1.82) is 0 Å². The van der Waals surface area contributed by atoms with E-state index in [9.17, 15) is 4.79 Å². The maximum atomic E-state index is 12.1. The molecule has 0 spiro atoms. The van der Waals surface area contributed by atoms with Crippen LogP contribution in [0.25, 0.3) is 0 Å². The zero-order valence-corrected chi connectivity index (χ0v) is 14.0. The molecule has 3 nitrogen and oxygen atoms in total. The van der Waals surface area contributed by atoms with Gasteiger partial charge in [0.05, 0.1) is 12.0 Å². The molecule has 1 rings (SSSR count). The Morgan fingerprint density at radius 2 is 2.00 bits per heavy atom. The van der Waals surface area contributed by atoms with Crippen molar-refractivity contribution in [2.24, 2.45) is 5.92 Å². The molecule has 0 bridgehead atoms. The molecule has 1 aromatic rings. The third kappa shape index (κ3) is 5.96. The van der Waals surface area contributed by atoms with Gasteiger partial charge in [-0.25, -0.2) is 0 Å². The highest BCUT2D eigenvalue weighted by molar-refractivity contribution is 6.21. The second-order valence-electron chi connectivity index (χ2n) is 5.18. The molecule has 1 unspecified atom stereocenters. The predicted octanol–water partition coefficient (Wildman–Crippen LogP) is 4.25. The summed E-state index contributed by atoms with van der Waals surface area (Å²) < 4.78 is 5.54. The van der Waals surface area contributed by atoms with Crippen molar-refractivity contribution >= 4 is 17.5 Å². The minimum absolute atomic E-state index is 0.0246. The lowest BCUT2D eigenvalue weighted by molar-refractivity contribution is 0.0951. The van der Waals surface area contributed by atoms with Crippen molar-refractivity contribution in [3.8, 4) is 5.75 Å². The molecule has 0 aliphatic heterocycles. The van der Waals surface area contributed by atoms with E-state index in [0.29, 0.717) is 24.6 Å². The van der Waals surface area contributed by atoms with Gasteiger partial charge in [0, 0.05) is 12.1 Å². The third-order valence-corrected chi connectivity index (χ3v) is 4.10. The largest absolute Gasteiger partial charge is 0.494 e. The van der Waals surface area contributed by atoms with Gasteiger partial charge in [-0.15, -0.1) is 11.6 Å². The smallest absolute Gasteiger partial charge is 0.251 e.